The maximum Gasteiger partial charge on any atom is 0.260 e. The minimum atomic E-state index is 0.0269. The average Bonchev–Trinajstić information content (AvgIpc) is 3.20. The molecule has 1 atom stereocenters. The molecule has 1 amide bonds. The van der Waals surface area contributed by atoms with E-state index in [0.717, 1.165) is 29.3 Å². The summed E-state index contributed by atoms with van der Waals surface area (Å²) in [6.45, 7) is 2.06. The molecule has 1 unspecified atom stereocenters. The van der Waals surface area contributed by atoms with Crippen molar-refractivity contribution in [2.45, 2.75) is 38.3 Å². The lowest BCUT2D eigenvalue weighted by Gasteiger charge is -2.17. The second kappa shape index (κ2) is 6.59. The molecule has 0 aliphatic heterocycles. The first-order valence-electron chi connectivity index (χ1n) is 6.90. The van der Waals surface area contributed by atoms with Crippen LogP contribution in [0, 0.1) is 0 Å². The van der Waals surface area contributed by atoms with Gasteiger partial charge in [-0.1, -0.05) is 6.07 Å². The largest absolute Gasteiger partial charge is 0.483 e. The first kappa shape index (κ1) is 15.3. The van der Waals surface area contributed by atoms with E-state index in [1.54, 1.807) is 4.90 Å². The molecule has 0 bridgehead atoms. The number of nitrogens with zero attached hydrogens (tertiary/aromatic N) is 1. The molecule has 0 spiro atoms. The Bertz CT molecular complexity index is 487. The molecule has 5 heteroatoms. The number of halogens is 1. The lowest BCUT2D eigenvalue weighted by atomic mass is 10.1. The number of ether oxygens (including phenoxy) is 1. The highest BCUT2D eigenvalue weighted by Gasteiger charge is 2.29. The second-order valence-corrected chi connectivity index (χ2v) is 6.33. The number of benzene rings is 1. The van der Waals surface area contributed by atoms with E-state index >= 15 is 0 Å². The summed E-state index contributed by atoms with van der Waals surface area (Å²) < 4.78 is 6.45. The van der Waals surface area contributed by atoms with Crippen LogP contribution in [0.5, 0.6) is 5.75 Å². The summed E-state index contributed by atoms with van der Waals surface area (Å²) in [7, 11) is 1.84. The van der Waals surface area contributed by atoms with Gasteiger partial charge in [0, 0.05) is 19.1 Å². The van der Waals surface area contributed by atoms with Crippen molar-refractivity contribution in [2.24, 2.45) is 5.73 Å². The summed E-state index contributed by atoms with van der Waals surface area (Å²) in [5, 5.41) is 0. The van der Waals surface area contributed by atoms with E-state index in [-0.39, 0.29) is 18.6 Å². The summed E-state index contributed by atoms with van der Waals surface area (Å²) in [6, 6.07) is 6.41. The zero-order chi connectivity index (χ0) is 14.7. The van der Waals surface area contributed by atoms with Gasteiger partial charge >= 0.3 is 0 Å². The Morgan fingerprint density at radius 2 is 2.25 bits per heavy atom. The van der Waals surface area contributed by atoms with Crippen molar-refractivity contribution >= 4 is 21.8 Å². The van der Waals surface area contributed by atoms with Gasteiger partial charge in [-0.15, -0.1) is 0 Å². The molecule has 1 aromatic rings. The summed E-state index contributed by atoms with van der Waals surface area (Å²) in [6.07, 6.45) is 3.04. The fraction of sp³-hybridized carbons (Fsp3) is 0.533. The van der Waals surface area contributed by atoms with Crippen molar-refractivity contribution in [3.8, 4) is 5.75 Å². The van der Waals surface area contributed by atoms with Crippen LogP contribution < -0.4 is 10.5 Å². The number of carbonyl (C=O) groups excluding carboxylic acids is 1. The SMILES string of the molecule is CC(N)Cc1ccc(OCC(=O)N(C)C2CC2)c(Br)c1. The molecule has 2 rings (SSSR count). The van der Waals surface area contributed by atoms with Crippen LogP contribution in [0.25, 0.3) is 0 Å². The predicted octanol–water partition coefficient (Wildman–Crippen LogP) is 2.34. The highest BCUT2D eigenvalue weighted by atomic mass is 79.9. The van der Waals surface area contributed by atoms with Crippen molar-refractivity contribution in [3.05, 3.63) is 28.2 Å². The van der Waals surface area contributed by atoms with Gasteiger partial charge in [-0.3, -0.25) is 4.79 Å². The molecular weight excluding hydrogens is 320 g/mol. The molecule has 1 fully saturated rings. The van der Waals surface area contributed by atoms with E-state index in [4.69, 9.17) is 10.5 Å². The summed E-state index contributed by atoms with van der Waals surface area (Å²) >= 11 is 3.47. The maximum atomic E-state index is 11.9. The van der Waals surface area contributed by atoms with Gasteiger partial charge in [-0.25, -0.2) is 0 Å². The van der Waals surface area contributed by atoms with E-state index in [9.17, 15) is 4.79 Å². The zero-order valence-electron chi connectivity index (χ0n) is 11.9. The third kappa shape index (κ3) is 4.21. The molecule has 20 heavy (non-hydrogen) atoms. The predicted molar refractivity (Wildman–Crippen MR) is 82.8 cm³/mol. The lowest BCUT2D eigenvalue weighted by molar-refractivity contribution is -0.132. The number of amides is 1. The third-order valence-corrected chi connectivity index (χ3v) is 4.01. The zero-order valence-corrected chi connectivity index (χ0v) is 13.5. The van der Waals surface area contributed by atoms with Gasteiger partial charge in [-0.05, 0) is 59.8 Å². The molecular formula is C15H21BrN2O2. The smallest absolute Gasteiger partial charge is 0.260 e. The van der Waals surface area contributed by atoms with Crippen LogP contribution in [0.3, 0.4) is 0 Å². The van der Waals surface area contributed by atoms with Crippen LogP contribution in [0.2, 0.25) is 0 Å². The molecule has 1 saturated carbocycles. The Kier molecular flexibility index (Phi) is 5.05. The average molecular weight is 341 g/mol. The van der Waals surface area contributed by atoms with Crippen molar-refractivity contribution in [3.63, 3.8) is 0 Å². The molecule has 2 N–H and O–H groups in total. The molecule has 1 aromatic carbocycles. The Morgan fingerprint density at radius 3 is 2.80 bits per heavy atom. The van der Waals surface area contributed by atoms with Gasteiger partial charge in [-0.2, -0.15) is 0 Å². The van der Waals surface area contributed by atoms with E-state index in [1.165, 1.54) is 0 Å². The van der Waals surface area contributed by atoms with Gasteiger partial charge in [0.1, 0.15) is 5.75 Å². The number of rotatable bonds is 6. The quantitative estimate of drug-likeness (QED) is 0.864. The Morgan fingerprint density at radius 1 is 1.55 bits per heavy atom. The normalized spacial score (nSPS) is 15.8. The molecule has 0 aromatic heterocycles. The minimum Gasteiger partial charge on any atom is -0.483 e. The van der Waals surface area contributed by atoms with Gasteiger partial charge in [0.25, 0.3) is 5.91 Å². The summed E-state index contributed by atoms with van der Waals surface area (Å²) in [5.74, 6) is 0.718. The van der Waals surface area contributed by atoms with E-state index in [2.05, 4.69) is 15.9 Å². The molecule has 1 aliphatic carbocycles. The monoisotopic (exact) mass is 340 g/mol. The first-order chi connectivity index (χ1) is 9.47. The molecule has 0 saturated heterocycles. The second-order valence-electron chi connectivity index (χ2n) is 5.47. The summed E-state index contributed by atoms with van der Waals surface area (Å²) in [4.78, 5) is 13.7. The fourth-order valence-corrected chi connectivity index (χ4v) is 2.61. The minimum absolute atomic E-state index is 0.0269. The van der Waals surface area contributed by atoms with Gasteiger partial charge < -0.3 is 15.4 Å². The lowest BCUT2D eigenvalue weighted by Crippen LogP contribution is -2.33. The Hall–Kier alpha value is -1.07. The van der Waals surface area contributed by atoms with Crippen LogP contribution in [-0.4, -0.2) is 36.5 Å². The van der Waals surface area contributed by atoms with Crippen molar-refractivity contribution in [2.75, 3.05) is 13.7 Å². The van der Waals surface area contributed by atoms with Gasteiger partial charge in [0.05, 0.1) is 4.47 Å². The number of likely N-dealkylation sites (N-methyl/N-ethyl adjacent to an activating group) is 1. The third-order valence-electron chi connectivity index (χ3n) is 3.39. The van der Waals surface area contributed by atoms with E-state index in [1.807, 2.05) is 32.2 Å². The van der Waals surface area contributed by atoms with Crippen LogP contribution in [-0.2, 0) is 11.2 Å². The van der Waals surface area contributed by atoms with Crippen LogP contribution in [0.15, 0.2) is 22.7 Å². The highest BCUT2D eigenvalue weighted by Crippen LogP contribution is 2.28. The van der Waals surface area contributed by atoms with E-state index < -0.39 is 0 Å². The van der Waals surface area contributed by atoms with Gasteiger partial charge in [0.15, 0.2) is 6.61 Å². The van der Waals surface area contributed by atoms with Crippen LogP contribution in [0.4, 0.5) is 0 Å². The van der Waals surface area contributed by atoms with Crippen molar-refractivity contribution in [1.29, 1.82) is 0 Å². The Balaban J connectivity index is 1.90. The number of carbonyl (C=O) groups is 1. The van der Waals surface area contributed by atoms with Crippen molar-refractivity contribution < 1.29 is 9.53 Å². The standard InChI is InChI=1S/C15H21BrN2O2/c1-10(17)7-11-3-6-14(13(16)8-11)20-9-15(19)18(2)12-4-5-12/h3,6,8,10,12H,4-5,7,9,17H2,1-2H3. The maximum absolute atomic E-state index is 11.9. The molecule has 4 nitrogen and oxygen atoms in total. The fourth-order valence-electron chi connectivity index (χ4n) is 2.07. The highest BCUT2D eigenvalue weighted by molar-refractivity contribution is 9.10. The summed E-state index contributed by atoms with van der Waals surface area (Å²) in [5.41, 5.74) is 6.94. The Labute approximate surface area is 128 Å². The van der Waals surface area contributed by atoms with E-state index in [0.29, 0.717) is 11.8 Å². The molecule has 1 aliphatic rings. The van der Waals surface area contributed by atoms with Crippen LogP contribution in [0.1, 0.15) is 25.3 Å². The number of nitrogens with two attached hydrogens (primary N) is 1. The molecule has 110 valence electrons. The number of hydrogen-bond acceptors (Lipinski definition) is 3. The topological polar surface area (TPSA) is 55.6 Å². The number of hydrogen-bond donors (Lipinski definition) is 1. The molecule has 0 heterocycles. The van der Waals surface area contributed by atoms with Gasteiger partial charge in [0.2, 0.25) is 0 Å². The van der Waals surface area contributed by atoms with Crippen molar-refractivity contribution in [1.82, 2.24) is 4.90 Å². The van der Waals surface area contributed by atoms with Crippen LogP contribution >= 0.6 is 15.9 Å². The molecule has 0 radical (unpaired) electrons. The first-order valence-corrected chi connectivity index (χ1v) is 7.69.